The lowest BCUT2D eigenvalue weighted by molar-refractivity contribution is -0.115. The molecular weight excluding hydrogens is 515 g/mol. The van der Waals surface area contributed by atoms with Gasteiger partial charge in [-0.2, -0.15) is 0 Å². The maximum absolute atomic E-state index is 12.6. The molecule has 0 heterocycles. The van der Waals surface area contributed by atoms with Gasteiger partial charge in [-0.05, 0) is 59.4 Å². The van der Waals surface area contributed by atoms with E-state index in [0.717, 1.165) is 24.0 Å². The van der Waals surface area contributed by atoms with E-state index < -0.39 is 9.84 Å². The fraction of sp³-hybridized carbons (Fsp3) is 0.286. The van der Waals surface area contributed by atoms with Crippen LogP contribution in [0.1, 0.15) is 38.3 Å². The summed E-state index contributed by atoms with van der Waals surface area (Å²) in [5, 5.41) is 3.51. The first-order valence-corrected chi connectivity index (χ1v) is 14.1. The van der Waals surface area contributed by atoms with Crippen molar-refractivity contribution < 1.29 is 13.2 Å². The van der Waals surface area contributed by atoms with E-state index >= 15 is 0 Å². The van der Waals surface area contributed by atoms with E-state index in [4.69, 9.17) is 29.8 Å². The third-order valence-corrected chi connectivity index (χ3v) is 8.46. The maximum Gasteiger partial charge on any atom is 0.228 e. The van der Waals surface area contributed by atoms with E-state index in [9.17, 15) is 13.2 Å². The Bertz CT molecular complexity index is 1390. The van der Waals surface area contributed by atoms with E-state index in [1.807, 2.05) is 12.1 Å². The van der Waals surface area contributed by atoms with Crippen LogP contribution in [0.25, 0.3) is 16.0 Å². The Balaban J connectivity index is 1.77. The third kappa shape index (κ3) is 6.67. The molecule has 0 spiro atoms. The van der Waals surface area contributed by atoms with Crippen molar-refractivity contribution in [2.45, 2.75) is 44.9 Å². The molecule has 1 atom stereocenters. The van der Waals surface area contributed by atoms with Gasteiger partial charge in [-0.25, -0.2) is 13.3 Å². The number of halogens is 2. The van der Waals surface area contributed by atoms with Gasteiger partial charge in [0.2, 0.25) is 5.91 Å². The lowest BCUT2D eigenvalue weighted by Gasteiger charge is -2.14. The fourth-order valence-electron chi connectivity index (χ4n) is 3.81. The fourth-order valence-corrected chi connectivity index (χ4v) is 5.40. The zero-order valence-electron chi connectivity index (χ0n) is 20.4. The monoisotopic (exact) mass is 542 g/mol. The highest BCUT2D eigenvalue weighted by atomic mass is 35.5. The Labute approximate surface area is 223 Å². The summed E-state index contributed by atoms with van der Waals surface area (Å²) in [5.41, 5.74) is 4.05. The topological polar surface area (TPSA) is 67.6 Å². The molecule has 1 amide bonds. The van der Waals surface area contributed by atoms with Gasteiger partial charge in [-0.1, -0.05) is 74.7 Å². The minimum atomic E-state index is -3.29. The quantitative estimate of drug-likeness (QED) is 0.280. The first-order valence-electron chi connectivity index (χ1n) is 11.7. The summed E-state index contributed by atoms with van der Waals surface area (Å²) < 4.78 is 23.9. The number of carbonyl (C=O) groups excluding carboxylic acids is 1. The van der Waals surface area contributed by atoms with Crippen molar-refractivity contribution in [3.05, 3.63) is 87.2 Å². The van der Waals surface area contributed by atoms with Crippen LogP contribution in [-0.2, 0) is 27.5 Å². The zero-order valence-corrected chi connectivity index (χ0v) is 22.8. The molecule has 0 bridgehead atoms. The summed E-state index contributed by atoms with van der Waals surface area (Å²) in [6, 6.07) is 15.2. The van der Waals surface area contributed by atoms with Gasteiger partial charge in [0, 0.05) is 11.3 Å². The summed E-state index contributed by atoms with van der Waals surface area (Å²) >= 11 is 13.1. The van der Waals surface area contributed by atoms with E-state index in [2.05, 4.69) is 24.0 Å². The van der Waals surface area contributed by atoms with E-state index in [1.165, 1.54) is 12.1 Å². The molecule has 5 nitrogen and oxygen atoms in total. The van der Waals surface area contributed by atoms with Crippen molar-refractivity contribution >= 4 is 50.3 Å². The smallest absolute Gasteiger partial charge is 0.228 e. The average Bonchev–Trinajstić information content (AvgIpc) is 2.84. The molecule has 3 rings (SSSR count). The van der Waals surface area contributed by atoms with Crippen LogP contribution in [0.2, 0.25) is 10.0 Å². The lowest BCUT2D eigenvalue weighted by atomic mass is 9.95. The molecule has 8 heteroatoms. The maximum atomic E-state index is 12.6. The normalized spacial score (nSPS) is 12.1. The molecule has 0 saturated carbocycles. The van der Waals surface area contributed by atoms with Crippen molar-refractivity contribution in [2.75, 3.05) is 11.1 Å². The van der Waals surface area contributed by atoms with Gasteiger partial charge < -0.3 is 5.32 Å². The van der Waals surface area contributed by atoms with Crippen LogP contribution >= 0.6 is 23.2 Å². The Morgan fingerprint density at radius 3 is 2.22 bits per heavy atom. The Morgan fingerprint density at radius 1 is 1.03 bits per heavy atom. The second kappa shape index (κ2) is 11.9. The van der Waals surface area contributed by atoms with Gasteiger partial charge in [-0.3, -0.25) is 4.79 Å². The molecule has 3 aromatic carbocycles. The second-order valence-electron chi connectivity index (χ2n) is 8.76. The van der Waals surface area contributed by atoms with Crippen LogP contribution in [-0.4, -0.2) is 20.1 Å². The van der Waals surface area contributed by atoms with Crippen LogP contribution in [0.15, 0.2) is 59.5 Å². The van der Waals surface area contributed by atoms with E-state index in [1.54, 1.807) is 37.3 Å². The number of anilines is 1. The number of amides is 1. The van der Waals surface area contributed by atoms with E-state index in [-0.39, 0.29) is 23.0 Å². The minimum absolute atomic E-state index is 0.0196. The Hall–Kier alpha value is -2.85. The van der Waals surface area contributed by atoms with Crippen molar-refractivity contribution in [2.24, 2.45) is 5.92 Å². The number of hydrogen-bond acceptors (Lipinski definition) is 3. The van der Waals surface area contributed by atoms with Crippen LogP contribution < -0.4 is 5.32 Å². The van der Waals surface area contributed by atoms with Gasteiger partial charge in [0.15, 0.2) is 15.5 Å². The predicted octanol–water partition coefficient (Wildman–Crippen LogP) is 7.77. The number of sulfone groups is 1. The summed E-state index contributed by atoms with van der Waals surface area (Å²) in [6.07, 6.45) is 1.93. The molecule has 0 saturated heterocycles. The molecule has 0 aliphatic rings. The molecule has 3 aromatic rings. The van der Waals surface area contributed by atoms with E-state index in [0.29, 0.717) is 38.5 Å². The molecule has 188 valence electrons. The highest BCUT2D eigenvalue weighted by Gasteiger charge is 2.16. The van der Waals surface area contributed by atoms with Crippen molar-refractivity contribution in [3.63, 3.8) is 0 Å². The SMILES string of the molecule is [C-]#[N+]c1cc(-c2c(Cl)cc(NC(=O)Cc3ccc(S(=O)(=O)CC)cc3)cc2Cl)ccc1CC(C)CC. The summed E-state index contributed by atoms with van der Waals surface area (Å²) in [6.45, 7) is 13.5. The Kier molecular flexibility index (Phi) is 9.19. The van der Waals surface area contributed by atoms with Crippen molar-refractivity contribution in [1.29, 1.82) is 0 Å². The lowest BCUT2D eigenvalue weighted by Crippen LogP contribution is -2.14. The molecule has 0 aromatic heterocycles. The number of nitrogens with one attached hydrogen (secondary N) is 1. The molecule has 0 fully saturated rings. The molecule has 0 aliphatic heterocycles. The van der Waals surface area contributed by atoms with Gasteiger partial charge in [0.1, 0.15) is 0 Å². The number of hydrogen-bond donors (Lipinski definition) is 1. The average molecular weight is 544 g/mol. The highest BCUT2D eigenvalue weighted by Crippen LogP contribution is 2.39. The standard InChI is InChI=1S/C28H28Cl2N2O3S/c1-5-18(3)13-20-9-10-21(15-26(20)31-4)28-24(29)16-22(17-25(28)30)32-27(33)14-19-7-11-23(12-8-19)36(34,35)6-2/h7-12,15-18H,5-6,13-14H2,1-3H3,(H,32,33). The molecule has 1 unspecified atom stereocenters. The van der Waals surface area contributed by atoms with Crippen LogP contribution in [0.5, 0.6) is 0 Å². The summed E-state index contributed by atoms with van der Waals surface area (Å²) in [5.74, 6) is 0.213. The van der Waals surface area contributed by atoms with Gasteiger partial charge in [0.05, 0.1) is 33.7 Å². The first-order chi connectivity index (χ1) is 17.1. The number of nitrogens with zero attached hydrogens (tertiary/aromatic N) is 1. The Morgan fingerprint density at radius 2 is 1.67 bits per heavy atom. The van der Waals surface area contributed by atoms with Crippen molar-refractivity contribution in [3.8, 4) is 11.1 Å². The largest absolute Gasteiger partial charge is 0.326 e. The molecule has 0 aliphatic carbocycles. The zero-order chi connectivity index (χ0) is 26.5. The minimum Gasteiger partial charge on any atom is -0.326 e. The van der Waals surface area contributed by atoms with Gasteiger partial charge >= 0.3 is 0 Å². The summed E-state index contributed by atoms with van der Waals surface area (Å²) in [4.78, 5) is 16.5. The molecule has 36 heavy (non-hydrogen) atoms. The molecule has 1 N–H and O–H groups in total. The first kappa shape index (κ1) is 27.7. The number of benzene rings is 3. The van der Waals surface area contributed by atoms with Crippen LogP contribution in [0.3, 0.4) is 0 Å². The molecule has 0 radical (unpaired) electrons. The van der Waals surface area contributed by atoms with Gasteiger partial charge in [0.25, 0.3) is 0 Å². The number of carbonyl (C=O) groups is 1. The van der Waals surface area contributed by atoms with Gasteiger partial charge in [-0.15, -0.1) is 0 Å². The van der Waals surface area contributed by atoms with Crippen LogP contribution in [0.4, 0.5) is 11.4 Å². The summed E-state index contributed by atoms with van der Waals surface area (Å²) in [7, 11) is -3.29. The predicted molar refractivity (Wildman–Crippen MR) is 148 cm³/mol. The van der Waals surface area contributed by atoms with Crippen molar-refractivity contribution in [1.82, 2.24) is 0 Å². The molecular formula is C28H28Cl2N2O3S. The third-order valence-electron chi connectivity index (χ3n) is 6.11. The second-order valence-corrected chi connectivity index (χ2v) is 11.9. The van der Waals surface area contributed by atoms with Crippen LogP contribution in [0, 0.1) is 12.5 Å². The highest BCUT2D eigenvalue weighted by molar-refractivity contribution is 7.91. The number of rotatable bonds is 9.